The molecule has 86 valence electrons. The molecule has 1 aromatic heterocycles. The zero-order valence-corrected chi connectivity index (χ0v) is 10.4. The molecule has 0 bridgehead atoms. The summed E-state index contributed by atoms with van der Waals surface area (Å²) in [5.41, 5.74) is 3.39. The van der Waals surface area contributed by atoms with E-state index in [9.17, 15) is 0 Å². The highest BCUT2D eigenvalue weighted by Gasteiger charge is 2.00. The van der Waals surface area contributed by atoms with Crippen LogP contribution in [0, 0.1) is 0 Å². The second kappa shape index (κ2) is 6.05. The molecule has 1 heterocycles. The van der Waals surface area contributed by atoms with E-state index in [0.29, 0.717) is 0 Å². The number of nitrogens with zero attached hydrogens (tertiary/aromatic N) is 3. The van der Waals surface area contributed by atoms with Crippen molar-refractivity contribution in [2.75, 3.05) is 0 Å². The third kappa shape index (κ3) is 2.92. The van der Waals surface area contributed by atoms with E-state index in [4.69, 9.17) is 0 Å². The van der Waals surface area contributed by atoms with Gasteiger partial charge >= 0.3 is 0 Å². The fourth-order valence-corrected chi connectivity index (χ4v) is 1.39. The van der Waals surface area contributed by atoms with Crippen LogP contribution < -0.4 is 0 Å². The van der Waals surface area contributed by atoms with Crippen LogP contribution >= 0.6 is 0 Å². The average molecular weight is 217 g/mol. The lowest BCUT2D eigenvalue weighted by atomic mass is 10.1. The molecule has 0 unspecified atom stereocenters. The highest BCUT2D eigenvalue weighted by atomic mass is 15.4. The number of benzene rings is 1. The monoisotopic (exact) mass is 217 g/mol. The molecule has 16 heavy (non-hydrogen) atoms. The first-order chi connectivity index (χ1) is 7.79. The lowest BCUT2D eigenvalue weighted by molar-refractivity contribution is 0.715. The van der Waals surface area contributed by atoms with Crippen molar-refractivity contribution >= 4 is 0 Å². The zero-order chi connectivity index (χ0) is 12.0. The van der Waals surface area contributed by atoms with Gasteiger partial charge in [0.2, 0.25) is 0 Å². The van der Waals surface area contributed by atoms with Crippen LogP contribution in [-0.2, 0) is 13.5 Å². The van der Waals surface area contributed by atoms with E-state index in [1.54, 1.807) is 4.68 Å². The van der Waals surface area contributed by atoms with E-state index in [1.807, 2.05) is 27.1 Å². The molecule has 3 heteroatoms. The topological polar surface area (TPSA) is 30.7 Å². The maximum atomic E-state index is 4.05. The minimum absolute atomic E-state index is 0.926. The van der Waals surface area contributed by atoms with Crippen LogP contribution in [0.3, 0.4) is 0 Å². The number of aryl methyl sites for hydroxylation is 2. The number of hydrogen-bond acceptors (Lipinski definition) is 2. The van der Waals surface area contributed by atoms with Crippen LogP contribution in [0.4, 0.5) is 0 Å². The minimum Gasteiger partial charge on any atom is -0.255 e. The lowest BCUT2D eigenvalue weighted by Crippen LogP contribution is -1.85. The van der Waals surface area contributed by atoms with Gasteiger partial charge < -0.3 is 0 Å². The summed E-state index contributed by atoms with van der Waals surface area (Å²) in [6, 6.07) is 8.43. The van der Waals surface area contributed by atoms with Gasteiger partial charge in [0.1, 0.15) is 5.69 Å². The second-order valence-corrected chi connectivity index (χ2v) is 3.33. The zero-order valence-electron chi connectivity index (χ0n) is 10.4. The van der Waals surface area contributed by atoms with Crippen LogP contribution in [0.2, 0.25) is 0 Å². The third-order valence-electron chi connectivity index (χ3n) is 2.26. The Kier molecular flexibility index (Phi) is 4.70. The first-order valence-corrected chi connectivity index (χ1v) is 5.75. The van der Waals surface area contributed by atoms with Gasteiger partial charge in [0.05, 0.1) is 6.20 Å². The summed E-state index contributed by atoms with van der Waals surface area (Å²) in [4.78, 5) is 0. The molecule has 0 saturated heterocycles. The van der Waals surface area contributed by atoms with E-state index < -0.39 is 0 Å². The van der Waals surface area contributed by atoms with Gasteiger partial charge in [0.15, 0.2) is 0 Å². The predicted molar refractivity (Wildman–Crippen MR) is 67.2 cm³/mol. The molecule has 0 fully saturated rings. The van der Waals surface area contributed by atoms with E-state index in [1.165, 1.54) is 5.56 Å². The molecule has 2 aromatic rings. The molecule has 0 spiro atoms. The van der Waals surface area contributed by atoms with Gasteiger partial charge in [0.25, 0.3) is 0 Å². The van der Waals surface area contributed by atoms with Gasteiger partial charge in [-0.05, 0) is 12.0 Å². The van der Waals surface area contributed by atoms with Crippen molar-refractivity contribution in [3.8, 4) is 11.3 Å². The molecule has 0 saturated carbocycles. The van der Waals surface area contributed by atoms with E-state index in [0.717, 1.165) is 17.7 Å². The Hall–Kier alpha value is -1.64. The van der Waals surface area contributed by atoms with Gasteiger partial charge in [-0.15, -0.1) is 5.10 Å². The molecule has 3 nitrogen and oxygen atoms in total. The maximum absolute atomic E-state index is 4.05. The van der Waals surface area contributed by atoms with Crippen LogP contribution in [0.5, 0.6) is 0 Å². The third-order valence-corrected chi connectivity index (χ3v) is 2.26. The highest BCUT2D eigenvalue weighted by molar-refractivity contribution is 5.57. The highest BCUT2D eigenvalue weighted by Crippen LogP contribution is 2.16. The standard InChI is InChI=1S/C11H13N3.C2H6/c1-3-9-4-6-10(7-5-9)11-8-14(2)13-12-11;1-2/h4-8H,3H2,1-2H3;1-2H3. The van der Waals surface area contributed by atoms with E-state index >= 15 is 0 Å². The van der Waals surface area contributed by atoms with Crippen molar-refractivity contribution in [2.24, 2.45) is 7.05 Å². The lowest BCUT2D eigenvalue weighted by Gasteiger charge is -1.97. The van der Waals surface area contributed by atoms with Crippen LogP contribution in [0.1, 0.15) is 26.3 Å². The van der Waals surface area contributed by atoms with Crippen LogP contribution in [-0.4, -0.2) is 15.0 Å². The molecular formula is C13H19N3. The fourth-order valence-electron chi connectivity index (χ4n) is 1.39. The quantitative estimate of drug-likeness (QED) is 0.774. The average Bonchev–Trinajstić information content (AvgIpc) is 2.79. The molecular weight excluding hydrogens is 198 g/mol. The summed E-state index contributed by atoms with van der Waals surface area (Å²) in [7, 11) is 1.87. The summed E-state index contributed by atoms with van der Waals surface area (Å²) in [6.07, 6.45) is 2.99. The Balaban J connectivity index is 0.000000606. The molecule has 0 amide bonds. The molecule has 1 aromatic carbocycles. The van der Waals surface area contributed by atoms with Crippen molar-refractivity contribution in [3.05, 3.63) is 36.0 Å². The smallest absolute Gasteiger partial charge is 0.113 e. The molecule has 0 aliphatic rings. The van der Waals surface area contributed by atoms with Crippen molar-refractivity contribution in [1.82, 2.24) is 15.0 Å². The van der Waals surface area contributed by atoms with Gasteiger partial charge in [-0.1, -0.05) is 50.3 Å². The molecule has 0 atom stereocenters. The number of hydrogen-bond donors (Lipinski definition) is 0. The van der Waals surface area contributed by atoms with Gasteiger partial charge in [0, 0.05) is 12.6 Å². The van der Waals surface area contributed by atoms with Crippen molar-refractivity contribution < 1.29 is 0 Å². The molecule has 0 N–H and O–H groups in total. The summed E-state index contributed by atoms with van der Waals surface area (Å²) >= 11 is 0. The Morgan fingerprint density at radius 2 is 1.75 bits per heavy atom. The summed E-state index contributed by atoms with van der Waals surface area (Å²) < 4.78 is 1.71. The molecule has 0 aliphatic carbocycles. The second-order valence-electron chi connectivity index (χ2n) is 3.33. The number of rotatable bonds is 2. The van der Waals surface area contributed by atoms with Gasteiger partial charge in [-0.3, -0.25) is 4.68 Å². The predicted octanol–water partition coefficient (Wildman–Crippen LogP) is 3.07. The summed E-state index contributed by atoms with van der Waals surface area (Å²) in [5, 5.41) is 7.96. The van der Waals surface area contributed by atoms with E-state index in [2.05, 4.69) is 41.5 Å². The van der Waals surface area contributed by atoms with Crippen LogP contribution in [0.25, 0.3) is 11.3 Å². The Bertz CT molecular complexity index is 415. The first kappa shape index (κ1) is 12.4. The molecule has 0 aliphatic heterocycles. The normalized spacial score (nSPS) is 9.50. The largest absolute Gasteiger partial charge is 0.255 e. The molecule has 2 rings (SSSR count). The summed E-state index contributed by atoms with van der Waals surface area (Å²) in [6.45, 7) is 6.15. The Morgan fingerprint density at radius 3 is 2.19 bits per heavy atom. The Labute approximate surface area is 97.1 Å². The minimum atomic E-state index is 0.926. The van der Waals surface area contributed by atoms with Gasteiger partial charge in [-0.25, -0.2) is 0 Å². The van der Waals surface area contributed by atoms with Crippen molar-refractivity contribution in [2.45, 2.75) is 27.2 Å². The van der Waals surface area contributed by atoms with Gasteiger partial charge in [-0.2, -0.15) is 0 Å². The van der Waals surface area contributed by atoms with E-state index in [-0.39, 0.29) is 0 Å². The summed E-state index contributed by atoms with van der Waals surface area (Å²) in [5.74, 6) is 0. The SMILES string of the molecule is CC.CCc1ccc(-c2cn(C)nn2)cc1. The van der Waals surface area contributed by atoms with Crippen LogP contribution in [0.15, 0.2) is 30.5 Å². The Morgan fingerprint density at radius 1 is 1.12 bits per heavy atom. The fraction of sp³-hybridized carbons (Fsp3) is 0.385. The first-order valence-electron chi connectivity index (χ1n) is 5.75. The molecule has 0 radical (unpaired) electrons. The van der Waals surface area contributed by atoms with Crippen molar-refractivity contribution in [1.29, 1.82) is 0 Å². The number of aromatic nitrogens is 3. The van der Waals surface area contributed by atoms with Crippen molar-refractivity contribution in [3.63, 3.8) is 0 Å². The maximum Gasteiger partial charge on any atom is 0.113 e.